The van der Waals surface area contributed by atoms with Crippen LogP contribution >= 0.6 is 0 Å². The Bertz CT molecular complexity index is 980. The van der Waals surface area contributed by atoms with Gasteiger partial charge in [0.05, 0.1) is 13.0 Å². The number of aliphatic hydroxyl groups is 1. The van der Waals surface area contributed by atoms with Crippen molar-refractivity contribution >= 4 is 17.7 Å². The fourth-order valence-corrected chi connectivity index (χ4v) is 7.08. The third kappa shape index (κ3) is 3.87. The number of hydrogen-bond donors (Lipinski definition) is 1. The van der Waals surface area contributed by atoms with Gasteiger partial charge in [0.15, 0.2) is 11.9 Å². The van der Waals surface area contributed by atoms with Crippen LogP contribution in [0.1, 0.15) is 57.4 Å². The van der Waals surface area contributed by atoms with Crippen LogP contribution in [0.2, 0.25) is 0 Å². The van der Waals surface area contributed by atoms with E-state index in [0.717, 1.165) is 5.56 Å². The topological polar surface area (TPSA) is 89.9 Å². The number of Topliss-reactive ketones (excluding diaryl/α,β-unsaturated/α-hetero) is 1. The van der Waals surface area contributed by atoms with Gasteiger partial charge >= 0.3 is 11.9 Å². The van der Waals surface area contributed by atoms with Crippen LogP contribution in [-0.4, -0.2) is 41.6 Å². The van der Waals surface area contributed by atoms with Crippen LogP contribution in [0.4, 0.5) is 0 Å². The molecule has 1 aromatic carbocycles. The van der Waals surface area contributed by atoms with E-state index in [0.29, 0.717) is 25.7 Å². The summed E-state index contributed by atoms with van der Waals surface area (Å²) in [5.74, 6) is -0.125. The van der Waals surface area contributed by atoms with Gasteiger partial charge in [0, 0.05) is 25.2 Å². The monoisotopic (exact) mass is 452 g/mol. The first-order valence-corrected chi connectivity index (χ1v) is 11.7. The average molecular weight is 453 g/mol. The molecule has 3 aliphatic rings. The number of carbonyl (C=O) groups excluding carboxylic acids is 3. The Labute approximate surface area is 195 Å². The minimum Gasteiger partial charge on any atom is -0.469 e. The lowest BCUT2D eigenvalue weighted by Gasteiger charge is -2.59. The number of carbonyl (C=O) groups is 3. The zero-order valence-corrected chi connectivity index (χ0v) is 19.5. The normalized spacial score (nSPS) is 40.0. The molecule has 3 saturated carbocycles. The first kappa shape index (κ1) is 23.5. The number of terminal acetylenes is 1. The molecular formula is C27H32O6. The number of fused-ring (bicyclic) bond motifs is 3. The summed E-state index contributed by atoms with van der Waals surface area (Å²) in [7, 11) is 1.34. The third-order valence-corrected chi connectivity index (χ3v) is 8.56. The Morgan fingerprint density at radius 3 is 2.52 bits per heavy atom. The van der Waals surface area contributed by atoms with Crippen molar-refractivity contribution in [2.45, 2.75) is 63.6 Å². The SMILES string of the molecule is C#C[C@]1(O)C[C@H](c2ccccc2)C[C@@H]2[C@H]3C(=O)[C@@H](OC(C)=O)C[C@@H](C(=O)OC)[C@]3(C)CC[C@H]21. The molecule has 0 aromatic heterocycles. The number of rotatable bonds is 3. The van der Waals surface area contributed by atoms with Crippen LogP contribution in [0.25, 0.3) is 0 Å². The molecule has 0 unspecified atom stereocenters. The van der Waals surface area contributed by atoms with Crippen LogP contribution in [0, 0.1) is 41.4 Å². The predicted molar refractivity (Wildman–Crippen MR) is 121 cm³/mol. The molecule has 0 saturated heterocycles. The molecule has 3 fully saturated rings. The highest BCUT2D eigenvalue weighted by atomic mass is 16.5. The Morgan fingerprint density at radius 2 is 1.91 bits per heavy atom. The zero-order valence-electron chi connectivity index (χ0n) is 19.5. The lowest BCUT2D eigenvalue weighted by molar-refractivity contribution is -0.189. The van der Waals surface area contributed by atoms with Gasteiger partial charge in [0.2, 0.25) is 0 Å². The molecule has 6 heteroatoms. The summed E-state index contributed by atoms with van der Waals surface area (Å²) in [6.45, 7) is 3.24. The molecule has 8 atom stereocenters. The van der Waals surface area contributed by atoms with Crippen molar-refractivity contribution in [3.63, 3.8) is 0 Å². The van der Waals surface area contributed by atoms with E-state index in [1.54, 1.807) is 0 Å². The minimum atomic E-state index is -1.35. The maximum Gasteiger partial charge on any atom is 0.309 e. The first-order chi connectivity index (χ1) is 15.6. The van der Waals surface area contributed by atoms with E-state index >= 15 is 0 Å². The van der Waals surface area contributed by atoms with Crippen LogP contribution in [0.3, 0.4) is 0 Å². The quantitative estimate of drug-likeness (QED) is 0.559. The maximum absolute atomic E-state index is 13.8. The summed E-state index contributed by atoms with van der Waals surface area (Å²) in [5.41, 5.74) is -0.933. The second kappa shape index (κ2) is 8.61. The van der Waals surface area contributed by atoms with Gasteiger partial charge < -0.3 is 14.6 Å². The molecule has 1 aromatic rings. The largest absolute Gasteiger partial charge is 0.469 e. The lowest BCUT2D eigenvalue weighted by Crippen LogP contribution is -2.63. The Hall–Kier alpha value is -2.65. The molecule has 1 N–H and O–H groups in total. The molecule has 4 rings (SSSR count). The molecule has 176 valence electrons. The zero-order chi connectivity index (χ0) is 24.0. The van der Waals surface area contributed by atoms with Gasteiger partial charge in [-0.3, -0.25) is 14.4 Å². The van der Waals surface area contributed by atoms with Crippen molar-refractivity contribution in [2.24, 2.45) is 29.1 Å². The fraction of sp³-hybridized carbons (Fsp3) is 0.593. The highest BCUT2D eigenvalue weighted by Crippen LogP contribution is 2.62. The molecule has 0 bridgehead atoms. The van der Waals surface area contributed by atoms with Gasteiger partial charge in [-0.15, -0.1) is 6.42 Å². The molecule has 0 spiro atoms. The standard InChI is InChI=1S/C27H32O6/c1-5-27(31)15-18(17-9-7-6-8-10-17)13-19-20(27)11-12-26(3)21(25(30)32-4)14-22(33-16(2)28)24(29)23(19)26/h1,6-10,18-23,31H,11-15H2,2-4H3/t18-,19+,20-,21+,22+,23+,26+,27+/m1/s1. The summed E-state index contributed by atoms with van der Waals surface area (Å²) < 4.78 is 10.5. The number of esters is 2. The lowest BCUT2D eigenvalue weighted by atomic mass is 9.44. The highest BCUT2D eigenvalue weighted by molar-refractivity contribution is 5.91. The third-order valence-electron chi connectivity index (χ3n) is 8.56. The van der Waals surface area contributed by atoms with Crippen molar-refractivity contribution < 1.29 is 29.0 Å². The van der Waals surface area contributed by atoms with E-state index in [4.69, 9.17) is 15.9 Å². The number of benzene rings is 1. The Kier molecular flexibility index (Phi) is 6.13. The van der Waals surface area contributed by atoms with E-state index in [9.17, 15) is 19.5 Å². The summed E-state index contributed by atoms with van der Waals surface area (Å²) >= 11 is 0. The summed E-state index contributed by atoms with van der Waals surface area (Å²) in [6, 6.07) is 9.89. The van der Waals surface area contributed by atoms with Crippen LogP contribution < -0.4 is 0 Å². The molecule has 33 heavy (non-hydrogen) atoms. The van der Waals surface area contributed by atoms with Crippen LogP contribution in [-0.2, 0) is 23.9 Å². The van der Waals surface area contributed by atoms with Gasteiger partial charge in [0.1, 0.15) is 5.60 Å². The fourth-order valence-electron chi connectivity index (χ4n) is 7.08. The smallest absolute Gasteiger partial charge is 0.309 e. The molecule has 0 aliphatic heterocycles. The van der Waals surface area contributed by atoms with Crippen LogP contribution in [0.15, 0.2) is 30.3 Å². The maximum atomic E-state index is 13.8. The predicted octanol–water partition coefficient (Wildman–Crippen LogP) is 3.27. The number of hydrogen-bond acceptors (Lipinski definition) is 6. The molecule has 0 radical (unpaired) electrons. The molecule has 6 nitrogen and oxygen atoms in total. The second-order valence-electron chi connectivity index (χ2n) is 10.2. The van der Waals surface area contributed by atoms with E-state index in [-0.39, 0.29) is 30.0 Å². The van der Waals surface area contributed by atoms with Crippen molar-refractivity contribution in [3.8, 4) is 12.3 Å². The average Bonchev–Trinajstić information content (AvgIpc) is 2.80. The molecular weight excluding hydrogens is 420 g/mol. The second-order valence-corrected chi connectivity index (χ2v) is 10.2. The minimum absolute atomic E-state index is 0.0191. The van der Waals surface area contributed by atoms with E-state index in [2.05, 4.69) is 5.92 Å². The van der Waals surface area contributed by atoms with E-state index in [1.807, 2.05) is 37.3 Å². The summed E-state index contributed by atoms with van der Waals surface area (Å²) in [6.07, 6.45) is 7.30. The highest BCUT2D eigenvalue weighted by Gasteiger charge is 2.64. The van der Waals surface area contributed by atoms with E-state index < -0.39 is 40.9 Å². The van der Waals surface area contributed by atoms with E-state index in [1.165, 1.54) is 14.0 Å². The molecule has 0 amide bonds. The van der Waals surface area contributed by atoms with Gasteiger partial charge in [-0.2, -0.15) is 0 Å². The van der Waals surface area contributed by atoms with Gasteiger partial charge in [-0.05, 0) is 48.5 Å². The van der Waals surface area contributed by atoms with Crippen molar-refractivity contribution in [3.05, 3.63) is 35.9 Å². The van der Waals surface area contributed by atoms with Crippen LogP contribution in [0.5, 0.6) is 0 Å². The molecule has 0 heterocycles. The Morgan fingerprint density at radius 1 is 1.21 bits per heavy atom. The number of ether oxygens (including phenoxy) is 2. The Balaban J connectivity index is 1.79. The van der Waals surface area contributed by atoms with Gasteiger partial charge in [-0.1, -0.05) is 43.2 Å². The van der Waals surface area contributed by atoms with Crippen molar-refractivity contribution in [1.29, 1.82) is 0 Å². The number of methoxy groups -OCH3 is 1. The number of ketones is 1. The van der Waals surface area contributed by atoms with Gasteiger partial charge in [0.25, 0.3) is 0 Å². The van der Waals surface area contributed by atoms with Crippen molar-refractivity contribution in [1.82, 2.24) is 0 Å². The summed E-state index contributed by atoms with van der Waals surface area (Å²) in [4.78, 5) is 38.4. The summed E-state index contributed by atoms with van der Waals surface area (Å²) in [5, 5.41) is 11.6. The first-order valence-electron chi connectivity index (χ1n) is 11.7. The van der Waals surface area contributed by atoms with Crippen molar-refractivity contribution in [2.75, 3.05) is 7.11 Å². The molecule has 3 aliphatic carbocycles. The van der Waals surface area contributed by atoms with Gasteiger partial charge in [-0.25, -0.2) is 0 Å².